The zero-order valence-corrected chi connectivity index (χ0v) is 12.3. The first kappa shape index (κ1) is 14.1. The number of para-hydroxylation sites is 1. The van der Waals surface area contributed by atoms with Crippen LogP contribution >= 0.6 is 0 Å². The highest BCUT2D eigenvalue weighted by Gasteiger charge is 2.29. The topological polar surface area (TPSA) is 63.5 Å². The number of nitrogens with one attached hydrogen (secondary N) is 2. The molecule has 1 fully saturated rings. The average molecular weight is 288 g/mol. The van der Waals surface area contributed by atoms with E-state index in [2.05, 4.69) is 10.6 Å². The number of aryl methyl sites for hydroxylation is 1. The molecular formula is C16H20N2O3. The monoisotopic (exact) mass is 288 g/mol. The van der Waals surface area contributed by atoms with Crippen molar-refractivity contribution in [3.8, 4) is 0 Å². The molecule has 2 N–H and O–H groups in total. The molecule has 1 aliphatic rings. The largest absolute Gasteiger partial charge is 0.459 e. The van der Waals surface area contributed by atoms with Crippen molar-refractivity contribution in [2.24, 2.45) is 0 Å². The summed E-state index contributed by atoms with van der Waals surface area (Å²) in [7, 11) is 1.67. The van der Waals surface area contributed by atoms with Gasteiger partial charge in [-0.25, -0.2) is 0 Å². The van der Waals surface area contributed by atoms with Crippen LogP contribution in [0.1, 0.15) is 17.7 Å². The third kappa shape index (κ3) is 2.80. The highest BCUT2D eigenvalue weighted by atomic mass is 16.5. The van der Waals surface area contributed by atoms with E-state index >= 15 is 0 Å². The lowest BCUT2D eigenvalue weighted by atomic mass is 10.1. The van der Waals surface area contributed by atoms with Crippen molar-refractivity contribution in [3.63, 3.8) is 0 Å². The number of amides is 1. The minimum absolute atomic E-state index is 0.00518. The van der Waals surface area contributed by atoms with Gasteiger partial charge < -0.3 is 19.8 Å². The fourth-order valence-electron chi connectivity index (χ4n) is 2.77. The van der Waals surface area contributed by atoms with Crippen molar-refractivity contribution in [2.45, 2.75) is 32.0 Å². The summed E-state index contributed by atoms with van der Waals surface area (Å²) in [5.74, 6) is 0.806. The smallest absolute Gasteiger partial charge is 0.237 e. The minimum Gasteiger partial charge on any atom is -0.459 e. The number of benzene rings is 1. The molecule has 112 valence electrons. The number of fused-ring (bicyclic) bond motifs is 1. The van der Waals surface area contributed by atoms with Gasteiger partial charge in [-0.2, -0.15) is 0 Å². The van der Waals surface area contributed by atoms with Gasteiger partial charge in [0.15, 0.2) is 0 Å². The number of hydrogen-bond acceptors (Lipinski definition) is 4. The lowest BCUT2D eigenvalue weighted by Gasteiger charge is -2.10. The Morgan fingerprint density at radius 1 is 1.48 bits per heavy atom. The van der Waals surface area contributed by atoms with Gasteiger partial charge in [0.1, 0.15) is 11.3 Å². The van der Waals surface area contributed by atoms with Gasteiger partial charge in [-0.05, 0) is 19.4 Å². The van der Waals surface area contributed by atoms with Crippen molar-refractivity contribution in [2.75, 3.05) is 13.7 Å². The fourth-order valence-corrected chi connectivity index (χ4v) is 2.77. The maximum absolute atomic E-state index is 12.1. The molecule has 1 aliphatic heterocycles. The average Bonchev–Trinajstić information content (AvgIpc) is 3.10. The van der Waals surface area contributed by atoms with Crippen LogP contribution in [0, 0.1) is 6.92 Å². The van der Waals surface area contributed by atoms with Gasteiger partial charge in [0.25, 0.3) is 0 Å². The molecule has 0 aliphatic carbocycles. The molecule has 0 unspecified atom stereocenters. The Morgan fingerprint density at radius 2 is 2.29 bits per heavy atom. The second-order valence-corrected chi connectivity index (χ2v) is 5.42. The molecule has 2 heterocycles. The molecule has 3 rings (SSSR count). The van der Waals surface area contributed by atoms with Crippen LogP contribution in [0.5, 0.6) is 0 Å². The van der Waals surface area contributed by atoms with E-state index in [9.17, 15) is 4.79 Å². The number of rotatable bonds is 4. The first-order valence-electron chi connectivity index (χ1n) is 7.20. The second-order valence-electron chi connectivity index (χ2n) is 5.42. The highest BCUT2D eigenvalue weighted by Crippen LogP contribution is 2.24. The quantitative estimate of drug-likeness (QED) is 0.899. The minimum atomic E-state index is -0.181. The number of furan rings is 1. The zero-order valence-electron chi connectivity index (χ0n) is 12.3. The highest BCUT2D eigenvalue weighted by molar-refractivity contribution is 5.83. The van der Waals surface area contributed by atoms with Gasteiger partial charge in [0.2, 0.25) is 5.91 Å². The van der Waals surface area contributed by atoms with Gasteiger partial charge in [0, 0.05) is 24.6 Å². The van der Waals surface area contributed by atoms with Gasteiger partial charge >= 0.3 is 0 Å². The van der Waals surface area contributed by atoms with Crippen molar-refractivity contribution < 1.29 is 13.9 Å². The van der Waals surface area contributed by atoms with Crippen molar-refractivity contribution in [1.29, 1.82) is 0 Å². The zero-order chi connectivity index (χ0) is 14.8. The van der Waals surface area contributed by atoms with Crippen LogP contribution < -0.4 is 10.6 Å². The maximum atomic E-state index is 12.1. The molecule has 2 aromatic rings. The maximum Gasteiger partial charge on any atom is 0.237 e. The van der Waals surface area contributed by atoms with E-state index < -0.39 is 0 Å². The Kier molecular flexibility index (Phi) is 3.94. The van der Waals surface area contributed by atoms with E-state index in [0.717, 1.165) is 28.8 Å². The molecule has 0 saturated carbocycles. The van der Waals surface area contributed by atoms with Crippen LogP contribution in [0.15, 0.2) is 28.7 Å². The number of carbonyl (C=O) groups excluding carboxylic acids is 1. The molecule has 5 nitrogen and oxygen atoms in total. The Bertz CT molecular complexity index is 650. The molecule has 2 atom stereocenters. The third-order valence-electron chi connectivity index (χ3n) is 4.11. The van der Waals surface area contributed by atoms with Gasteiger partial charge in [-0.15, -0.1) is 0 Å². The Balaban J connectivity index is 1.64. The van der Waals surface area contributed by atoms with Crippen LogP contribution in [0.2, 0.25) is 0 Å². The number of hydrogen-bond donors (Lipinski definition) is 2. The molecule has 1 aromatic carbocycles. The molecule has 0 spiro atoms. The lowest BCUT2D eigenvalue weighted by Crippen LogP contribution is -2.40. The molecule has 1 aromatic heterocycles. The molecule has 0 bridgehead atoms. The first-order valence-corrected chi connectivity index (χ1v) is 7.20. The van der Waals surface area contributed by atoms with Crippen LogP contribution in [0.4, 0.5) is 0 Å². The Labute approximate surface area is 123 Å². The van der Waals surface area contributed by atoms with Gasteiger partial charge in [-0.1, -0.05) is 18.2 Å². The van der Waals surface area contributed by atoms with Crippen LogP contribution in [-0.2, 0) is 16.1 Å². The summed E-state index contributed by atoms with van der Waals surface area (Å²) in [6.45, 7) is 3.15. The van der Waals surface area contributed by atoms with E-state index in [0.29, 0.717) is 13.0 Å². The molecule has 0 radical (unpaired) electrons. The van der Waals surface area contributed by atoms with Crippen molar-refractivity contribution >= 4 is 16.9 Å². The summed E-state index contributed by atoms with van der Waals surface area (Å²) in [5.41, 5.74) is 1.94. The van der Waals surface area contributed by atoms with E-state index in [4.69, 9.17) is 9.15 Å². The summed E-state index contributed by atoms with van der Waals surface area (Å²) in [6, 6.07) is 7.72. The molecule has 21 heavy (non-hydrogen) atoms. The second kappa shape index (κ2) is 5.87. The lowest BCUT2D eigenvalue weighted by molar-refractivity contribution is -0.123. The predicted molar refractivity (Wildman–Crippen MR) is 80.0 cm³/mol. The van der Waals surface area contributed by atoms with E-state index in [1.807, 2.05) is 31.2 Å². The molecule has 1 saturated heterocycles. The van der Waals surface area contributed by atoms with Crippen LogP contribution in [0.3, 0.4) is 0 Å². The van der Waals surface area contributed by atoms with E-state index in [1.165, 1.54) is 0 Å². The predicted octanol–water partition coefficient (Wildman–Crippen LogP) is 1.73. The number of methoxy groups -OCH3 is 1. The number of carbonyl (C=O) groups is 1. The Morgan fingerprint density at radius 3 is 3.00 bits per heavy atom. The first-order chi connectivity index (χ1) is 10.2. The van der Waals surface area contributed by atoms with Crippen molar-refractivity contribution in [1.82, 2.24) is 10.6 Å². The normalized spacial score (nSPS) is 21.8. The third-order valence-corrected chi connectivity index (χ3v) is 4.11. The molecule has 1 amide bonds. The summed E-state index contributed by atoms with van der Waals surface area (Å²) in [6.07, 6.45) is 0.829. The molecular weight excluding hydrogens is 268 g/mol. The summed E-state index contributed by atoms with van der Waals surface area (Å²) in [4.78, 5) is 12.1. The Hall–Kier alpha value is -1.85. The summed E-state index contributed by atoms with van der Waals surface area (Å²) in [5, 5.41) is 7.20. The van der Waals surface area contributed by atoms with Crippen LogP contribution in [-0.4, -0.2) is 31.7 Å². The van der Waals surface area contributed by atoms with Crippen LogP contribution in [0.25, 0.3) is 11.0 Å². The standard InChI is InChI=1S/C16H20N2O3/c1-10-12-5-3-4-6-14(12)21-15(10)9-18-16(19)13-7-11(20-2)8-17-13/h3-6,11,13,17H,7-9H2,1-2H3,(H,18,19)/t11-,13-/m0/s1. The van der Waals surface area contributed by atoms with E-state index in [1.54, 1.807) is 7.11 Å². The fraction of sp³-hybridized carbons (Fsp3) is 0.438. The van der Waals surface area contributed by atoms with Crippen molar-refractivity contribution in [3.05, 3.63) is 35.6 Å². The van der Waals surface area contributed by atoms with Gasteiger partial charge in [0.05, 0.1) is 18.7 Å². The van der Waals surface area contributed by atoms with Gasteiger partial charge in [-0.3, -0.25) is 4.79 Å². The summed E-state index contributed by atoms with van der Waals surface area (Å²) >= 11 is 0. The number of ether oxygens (including phenoxy) is 1. The van der Waals surface area contributed by atoms with E-state index in [-0.39, 0.29) is 18.1 Å². The summed E-state index contributed by atoms with van der Waals surface area (Å²) < 4.78 is 11.0. The molecule has 5 heteroatoms. The SMILES string of the molecule is CO[C@@H]1CN[C@H](C(=O)NCc2oc3ccccc3c2C)C1.